The van der Waals surface area contributed by atoms with Crippen LogP contribution in [0.1, 0.15) is 6.92 Å². The van der Waals surface area contributed by atoms with Crippen LogP contribution in [-0.4, -0.2) is 17.0 Å². The highest BCUT2D eigenvalue weighted by Crippen LogP contribution is 2.14. The van der Waals surface area contributed by atoms with E-state index in [4.69, 9.17) is 4.74 Å². The van der Waals surface area contributed by atoms with Gasteiger partial charge in [-0.3, -0.25) is 0 Å². The third kappa shape index (κ3) is 3.50. The highest BCUT2D eigenvalue weighted by atomic mass is 79.9. The van der Waals surface area contributed by atoms with Crippen LogP contribution >= 0.6 is 31.9 Å². The van der Waals surface area contributed by atoms with Crippen LogP contribution in [0.15, 0.2) is 0 Å². The summed E-state index contributed by atoms with van der Waals surface area (Å²) in [5, 5.41) is 0. The maximum atomic E-state index is 4.92. The summed E-state index contributed by atoms with van der Waals surface area (Å²) in [6.45, 7) is 1.98. The first-order valence-corrected chi connectivity index (χ1v) is 3.82. The second-order valence-electron chi connectivity index (χ2n) is 1.28. The van der Waals surface area contributed by atoms with Gasteiger partial charge in [0.05, 0.1) is 9.84 Å². The number of rotatable bonds is 2. The standard InChI is InChI=1S/C4H8Br2O/c1-3(7-2)4(5)6/h3-4H,1-2H3. The topological polar surface area (TPSA) is 9.23 Å². The lowest BCUT2D eigenvalue weighted by atomic mass is 10.5. The van der Waals surface area contributed by atoms with E-state index in [1.165, 1.54) is 0 Å². The van der Waals surface area contributed by atoms with Crippen LogP contribution in [0, 0.1) is 0 Å². The number of ether oxygens (including phenoxy) is 1. The van der Waals surface area contributed by atoms with Gasteiger partial charge in [0.2, 0.25) is 0 Å². The Hall–Kier alpha value is 0.920. The lowest BCUT2D eigenvalue weighted by molar-refractivity contribution is 0.134. The summed E-state index contributed by atoms with van der Waals surface area (Å²) in [4.78, 5) is 0. The lowest BCUT2D eigenvalue weighted by Gasteiger charge is -2.08. The van der Waals surface area contributed by atoms with E-state index >= 15 is 0 Å². The number of hydrogen-bond donors (Lipinski definition) is 0. The van der Waals surface area contributed by atoms with Gasteiger partial charge in [-0.05, 0) is 6.92 Å². The van der Waals surface area contributed by atoms with Crippen molar-refractivity contribution in [1.82, 2.24) is 0 Å². The highest BCUT2D eigenvalue weighted by molar-refractivity contribution is 9.24. The monoisotopic (exact) mass is 230 g/mol. The Kier molecular flexibility index (Phi) is 4.37. The quantitative estimate of drug-likeness (QED) is 0.662. The van der Waals surface area contributed by atoms with Gasteiger partial charge in [0.15, 0.2) is 0 Å². The van der Waals surface area contributed by atoms with E-state index in [1.807, 2.05) is 6.92 Å². The molecule has 0 N–H and O–H groups in total. The van der Waals surface area contributed by atoms with Gasteiger partial charge in [-0.15, -0.1) is 0 Å². The Morgan fingerprint density at radius 1 is 1.43 bits per heavy atom. The van der Waals surface area contributed by atoms with Crippen molar-refractivity contribution in [2.45, 2.75) is 16.8 Å². The maximum Gasteiger partial charge on any atom is 0.0955 e. The molecule has 0 saturated heterocycles. The fourth-order valence-corrected chi connectivity index (χ4v) is 0.535. The Morgan fingerprint density at radius 2 is 1.86 bits per heavy atom. The molecule has 44 valence electrons. The third-order valence-corrected chi connectivity index (χ3v) is 2.22. The Bertz CT molecular complexity index is 47.0. The van der Waals surface area contributed by atoms with Gasteiger partial charge in [0, 0.05) is 7.11 Å². The molecule has 0 radical (unpaired) electrons. The Morgan fingerprint density at radius 3 is 1.86 bits per heavy atom. The Balaban J connectivity index is 3.14. The molecular formula is C4H8Br2O. The van der Waals surface area contributed by atoms with Gasteiger partial charge in [-0.25, -0.2) is 0 Å². The van der Waals surface area contributed by atoms with E-state index in [-0.39, 0.29) is 9.84 Å². The van der Waals surface area contributed by atoms with Crippen LogP contribution in [0.2, 0.25) is 0 Å². The molecule has 0 amide bonds. The maximum absolute atomic E-state index is 4.92. The molecule has 0 aromatic carbocycles. The summed E-state index contributed by atoms with van der Waals surface area (Å²) in [5.74, 6) is 0. The number of alkyl halides is 2. The zero-order chi connectivity index (χ0) is 5.86. The molecule has 1 unspecified atom stereocenters. The normalized spacial score (nSPS) is 15.0. The van der Waals surface area contributed by atoms with E-state index in [1.54, 1.807) is 7.11 Å². The first kappa shape index (κ1) is 7.92. The molecule has 0 fully saturated rings. The molecule has 0 spiro atoms. The van der Waals surface area contributed by atoms with E-state index in [0.29, 0.717) is 0 Å². The van der Waals surface area contributed by atoms with Crippen molar-refractivity contribution < 1.29 is 4.74 Å². The van der Waals surface area contributed by atoms with Crippen LogP contribution in [0.5, 0.6) is 0 Å². The lowest BCUT2D eigenvalue weighted by Crippen LogP contribution is -2.11. The van der Waals surface area contributed by atoms with Gasteiger partial charge in [0.25, 0.3) is 0 Å². The first-order chi connectivity index (χ1) is 3.18. The minimum atomic E-state index is 0.236. The van der Waals surface area contributed by atoms with Crippen molar-refractivity contribution in [2.75, 3.05) is 7.11 Å². The second-order valence-corrected chi connectivity index (χ2v) is 4.48. The van der Waals surface area contributed by atoms with Crippen LogP contribution in [-0.2, 0) is 4.74 Å². The molecule has 0 aliphatic rings. The summed E-state index contributed by atoms with van der Waals surface area (Å²) < 4.78 is 5.19. The number of methoxy groups -OCH3 is 1. The molecule has 0 aromatic rings. The average Bonchev–Trinajstić information content (AvgIpc) is 1.65. The first-order valence-electron chi connectivity index (χ1n) is 1.99. The summed E-state index contributed by atoms with van der Waals surface area (Å²) in [7, 11) is 1.68. The van der Waals surface area contributed by atoms with Gasteiger partial charge in [-0.2, -0.15) is 0 Å². The highest BCUT2D eigenvalue weighted by Gasteiger charge is 2.06. The van der Waals surface area contributed by atoms with Gasteiger partial charge < -0.3 is 4.74 Å². The summed E-state index contributed by atoms with van der Waals surface area (Å²) in [6.07, 6.45) is 0.236. The SMILES string of the molecule is COC(C)C(Br)Br. The van der Waals surface area contributed by atoms with Crippen molar-refractivity contribution in [3.8, 4) is 0 Å². The molecule has 0 aliphatic heterocycles. The van der Waals surface area contributed by atoms with Crippen molar-refractivity contribution in [2.24, 2.45) is 0 Å². The molecular weight excluding hydrogens is 224 g/mol. The predicted octanol–water partition coefficient (Wildman–Crippen LogP) is 2.14. The van der Waals surface area contributed by atoms with Crippen molar-refractivity contribution in [3.63, 3.8) is 0 Å². The number of hydrogen-bond acceptors (Lipinski definition) is 1. The van der Waals surface area contributed by atoms with Gasteiger partial charge >= 0.3 is 0 Å². The van der Waals surface area contributed by atoms with E-state index in [9.17, 15) is 0 Å². The zero-order valence-electron chi connectivity index (χ0n) is 4.32. The molecule has 3 heteroatoms. The fourth-order valence-electron chi connectivity index (χ4n) is 0.103. The summed E-state index contributed by atoms with van der Waals surface area (Å²) in [6, 6.07) is 0. The predicted molar refractivity (Wildman–Crippen MR) is 38.1 cm³/mol. The summed E-state index contributed by atoms with van der Waals surface area (Å²) in [5.41, 5.74) is 0. The molecule has 0 bridgehead atoms. The van der Waals surface area contributed by atoms with E-state index < -0.39 is 0 Å². The van der Waals surface area contributed by atoms with Crippen LogP contribution in [0.25, 0.3) is 0 Å². The Labute approximate surface area is 60.7 Å². The van der Waals surface area contributed by atoms with Crippen LogP contribution in [0.4, 0.5) is 0 Å². The van der Waals surface area contributed by atoms with Crippen LogP contribution < -0.4 is 0 Å². The van der Waals surface area contributed by atoms with Crippen molar-refractivity contribution in [3.05, 3.63) is 0 Å². The molecule has 0 heterocycles. The van der Waals surface area contributed by atoms with Gasteiger partial charge in [-0.1, -0.05) is 31.9 Å². The van der Waals surface area contributed by atoms with Crippen molar-refractivity contribution >= 4 is 31.9 Å². The average molecular weight is 232 g/mol. The fraction of sp³-hybridized carbons (Fsp3) is 1.00. The molecule has 0 rings (SSSR count). The van der Waals surface area contributed by atoms with Gasteiger partial charge in [0.1, 0.15) is 0 Å². The zero-order valence-corrected chi connectivity index (χ0v) is 7.49. The third-order valence-electron chi connectivity index (χ3n) is 0.727. The largest absolute Gasteiger partial charge is 0.380 e. The minimum absolute atomic E-state index is 0.236. The minimum Gasteiger partial charge on any atom is -0.380 e. The number of halogens is 2. The van der Waals surface area contributed by atoms with Crippen molar-refractivity contribution in [1.29, 1.82) is 0 Å². The molecule has 0 aromatic heterocycles. The molecule has 0 aliphatic carbocycles. The second kappa shape index (κ2) is 3.87. The molecule has 0 saturated carbocycles. The summed E-state index contributed by atoms with van der Waals surface area (Å²) >= 11 is 6.58. The van der Waals surface area contributed by atoms with E-state index in [2.05, 4.69) is 31.9 Å². The smallest absolute Gasteiger partial charge is 0.0955 e. The van der Waals surface area contributed by atoms with E-state index in [0.717, 1.165) is 0 Å². The molecule has 1 atom stereocenters. The molecule has 1 nitrogen and oxygen atoms in total. The molecule has 7 heavy (non-hydrogen) atoms. The van der Waals surface area contributed by atoms with Crippen LogP contribution in [0.3, 0.4) is 0 Å².